The second-order valence-electron chi connectivity index (χ2n) is 5.86. The van der Waals surface area contributed by atoms with E-state index in [1.165, 1.54) is 5.56 Å². The lowest BCUT2D eigenvalue weighted by Crippen LogP contribution is -2.38. The third-order valence-corrected chi connectivity index (χ3v) is 4.63. The Balaban J connectivity index is 0.00000338. The van der Waals surface area contributed by atoms with Crippen LogP contribution >= 0.6 is 35.3 Å². The number of benzene rings is 1. The molecule has 0 amide bonds. The maximum absolute atomic E-state index is 9.65. The Labute approximate surface area is 176 Å². The predicted molar refractivity (Wildman–Crippen MR) is 120 cm³/mol. The van der Waals surface area contributed by atoms with Gasteiger partial charge in [0, 0.05) is 25.6 Å². The van der Waals surface area contributed by atoms with E-state index in [0.717, 1.165) is 37.6 Å². The van der Waals surface area contributed by atoms with E-state index >= 15 is 0 Å². The summed E-state index contributed by atoms with van der Waals surface area (Å²) in [5.74, 6) is 1.90. The third kappa shape index (κ3) is 7.03. The highest BCUT2D eigenvalue weighted by molar-refractivity contribution is 14.0. The number of rotatable bonds is 8. The van der Waals surface area contributed by atoms with Gasteiger partial charge >= 0.3 is 0 Å². The normalized spacial score (nSPS) is 12.2. The van der Waals surface area contributed by atoms with E-state index in [2.05, 4.69) is 46.3 Å². The fraction of sp³-hybridized carbons (Fsp3) is 0.421. The lowest BCUT2D eigenvalue weighted by molar-refractivity contribution is 0.373. The molecule has 7 heteroatoms. The number of thiophene rings is 1. The van der Waals surface area contributed by atoms with Crippen molar-refractivity contribution in [3.63, 3.8) is 0 Å². The van der Waals surface area contributed by atoms with E-state index < -0.39 is 0 Å². The van der Waals surface area contributed by atoms with Crippen molar-refractivity contribution < 1.29 is 9.84 Å². The Morgan fingerprint density at radius 1 is 1.31 bits per heavy atom. The topological polar surface area (TPSA) is 65.9 Å². The fourth-order valence-corrected chi connectivity index (χ4v) is 3.22. The SMILES string of the molecule is CCNC(=NCC(C)c1ccsc1)NCCc1ccc(O)c(OC)c1.I. The van der Waals surface area contributed by atoms with Gasteiger partial charge in [-0.25, -0.2) is 0 Å². The number of methoxy groups -OCH3 is 1. The average Bonchev–Trinajstić information content (AvgIpc) is 3.15. The minimum atomic E-state index is 0. The summed E-state index contributed by atoms with van der Waals surface area (Å²) in [4.78, 5) is 4.68. The third-order valence-electron chi connectivity index (χ3n) is 3.93. The molecule has 0 radical (unpaired) electrons. The first kappa shape index (κ1) is 22.6. The average molecular weight is 489 g/mol. The van der Waals surface area contributed by atoms with Gasteiger partial charge < -0.3 is 20.5 Å². The summed E-state index contributed by atoms with van der Waals surface area (Å²) in [6, 6.07) is 7.58. The molecule has 0 aliphatic rings. The number of hydrogen-bond donors (Lipinski definition) is 3. The number of nitrogens with zero attached hydrogens (tertiary/aromatic N) is 1. The quantitative estimate of drug-likeness (QED) is 0.298. The van der Waals surface area contributed by atoms with Crippen LogP contribution in [0.25, 0.3) is 0 Å². The van der Waals surface area contributed by atoms with Crippen molar-refractivity contribution in [1.82, 2.24) is 10.6 Å². The molecule has 0 saturated carbocycles. The smallest absolute Gasteiger partial charge is 0.191 e. The van der Waals surface area contributed by atoms with Crippen LogP contribution in [-0.4, -0.2) is 37.8 Å². The predicted octanol–water partition coefficient (Wildman–Crippen LogP) is 3.98. The molecule has 0 fully saturated rings. The van der Waals surface area contributed by atoms with E-state index in [1.54, 1.807) is 24.5 Å². The molecule has 26 heavy (non-hydrogen) atoms. The Morgan fingerprint density at radius 3 is 2.77 bits per heavy atom. The van der Waals surface area contributed by atoms with Crippen LogP contribution in [0.5, 0.6) is 11.5 Å². The zero-order valence-electron chi connectivity index (χ0n) is 15.5. The summed E-state index contributed by atoms with van der Waals surface area (Å²) >= 11 is 1.72. The Bertz CT molecular complexity index is 677. The lowest BCUT2D eigenvalue weighted by Gasteiger charge is -2.13. The molecule has 2 rings (SSSR count). The summed E-state index contributed by atoms with van der Waals surface area (Å²) in [5, 5.41) is 20.6. The standard InChI is InChI=1S/C19H27N3O2S.HI/c1-4-20-19(22-12-14(2)16-8-10-25-13-16)21-9-7-15-5-6-17(23)18(11-15)24-3;/h5-6,8,10-11,13-14,23H,4,7,9,12H2,1-3H3,(H2,20,21,22);1H. The largest absolute Gasteiger partial charge is 0.504 e. The van der Waals surface area contributed by atoms with Gasteiger partial charge in [-0.2, -0.15) is 11.3 Å². The number of halogens is 1. The van der Waals surface area contributed by atoms with Crippen molar-refractivity contribution in [1.29, 1.82) is 0 Å². The fourth-order valence-electron chi connectivity index (χ4n) is 2.43. The number of aromatic hydroxyl groups is 1. The van der Waals surface area contributed by atoms with Gasteiger partial charge in [0.05, 0.1) is 7.11 Å². The maximum atomic E-state index is 9.65. The highest BCUT2D eigenvalue weighted by Crippen LogP contribution is 2.26. The molecule has 0 aliphatic heterocycles. The van der Waals surface area contributed by atoms with Gasteiger partial charge in [-0.1, -0.05) is 13.0 Å². The van der Waals surface area contributed by atoms with Crippen molar-refractivity contribution in [3.05, 3.63) is 46.2 Å². The van der Waals surface area contributed by atoms with Crippen LogP contribution in [0.4, 0.5) is 0 Å². The van der Waals surface area contributed by atoms with Crippen molar-refractivity contribution in [2.45, 2.75) is 26.2 Å². The summed E-state index contributed by atoms with van der Waals surface area (Å²) < 4.78 is 5.15. The summed E-state index contributed by atoms with van der Waals surface area (Å²) in [7, 11) is 1.56. The number of phenols is 1. The summed E-state index contributed by atoms with van der Waals surface area (Å²) in [5.41, 5.74) is 2.44. The molecule has 1 aromatic heterocycles. The number of guanidine groups is 1. The van der Waals surface area contributed by atoms with E-state index in [1.807, 2.05) is 12.1 Å². The van der Waals surface area contributed by atoms with Crippen molar-refractivity contribution in [2.24, 2.45) is 4.99 Å². The first-order valence-corrected chi connectivity index (χ1v) is 9.48. The van der Waals surface area contributed by atoms with E-state index in [9.17, 15) is 5.11 Å². The molecular weight excluding hydrogens is 461 g/mol. The van der Waals surface area contributed by atoms with Gasteiger partial charge in [0.15, 0.2) is 17.5 Å². The minimum Gasteiger partial charge on any atom is -0.504 e. The molecule has 1 heterocycles. The monoisotopic (exact) mass is 489 g/mol. The van der Waals surface area contributed by atoms with Crippen LogP contribution in [0.2, 0.25) is 0 Å². The van der Waals surface area contributed by atoms with Gasteiger partial charge in [-0.05, 0) is 53.4 Å². The van der Waals surface area contributed by atoms with Gasteiger partial charge in [-0.3, -0.25) is 4.99 Å². The van der Waals surface area contributed by atoms with Gasteiger partial charge in [0.1, 0.15) is 0 Å². The molecule has 144 valence electrons. The molecule has 1 aromatic carbocycles. The zero-order valence-corrected chi connectivity index (χ0v) is 18.6. The highest BCUT2D eigenvalue weighted by Gasteiger charge is 2.06. The molecule has 1 atom stereocenters. The molecule has 1 unspecified atom stereocenters. The van der Waals surface area contributed by atoms with Gasteiger partial charge in [0.2, 0.25) is 0 Å². The molecule has 0 bridgehead atoms. The number of ether oxygens (including phenoxy) is 1. The molecule has 2 aromatic rings. The van der Waals surface area contributed by atoms with Crippen molar-refractivity contribution >= 4 is 41.3 Å². The Kier molecular flexibility index (Phi) is 10.4. The first-order valence-electron chi connectivity index (χ1n) is 8.54. The van der Waals surface area contributed by atoms with E-state index in [4.69, 9.17) is 4.74 Å². The number of aliphatic imine (C=N–C) groups is 1. The lowest BCUT2D eigenvalue weighted by atomic mass is 10.1. The van der Waals surface area contributed by atoms with Crippen LogP contribution in [0.3, 0.4) is 0 Å². The number of nitrogens with one attached hydrogen (secondary N) is 2. The molecule has 0 spiro atoms. The number of phenolic OH excluding ortho intramolecular Hbond substituents is 1. The first-order chi connectivity index (χ1) is 12.1. The van der Waals surface area contributed by atoms with Crippen LogP contribution in [-0.2, 0) is 6.42 Å². The van der Waals surface area contributed by atoms with E-state index in [0.29, 0.717) is 11.7 Å². The van der Waals surface area contributed by atoms with Crippen LogP contribution in [0.15, 0.2) is 40.0 Å². The molecule has 3 N–H and O–H groups in total. The minimum absolute atomic E-state index is 0. The molecule has 5 nitrogen and oxygen atoms in total. The second kappa shape index (κ2) is 12.0. The molecule has 0 saturated heterocycles. The van der Waals surface area contributed by atoms with Crippen molar-refractivity contribution in [2.75, 3.05) is 26.7 Å². The van der Waals surface area contributed by atoms with Gasteiger partial charge in [-0.15, -0.1) is 24.0 Å². The van der Waals surface area contributed by atoms with Crippen LogP contribution in [0, 0.1) is 0 Å². The Hall–Kier alpha value is -1.48. The zero-order chi connectivity index (χ0) is 18.1. The summed E-state index contributed by atoms with van der Waals surface area (Å²) in [6.07, 6.45) is 0.821. The van der Waals surface area contributed by atoms with Crippen molar-refractivity contribution in [3.8, 4) is 11.5 Å². The van der Waals surface area contributed by atoms with Gasteiger partial charge in [0.25, 0.3) is 0 Å². The molecular formula is C19H28IN3O2S. The number of hydrogen-bond acceptors (Lipinski definition) is 4. The maximum Gasteiger partial charge on any atom is 0.191 e. The summed E-state index contributed by atoms with van der Waals surface area (Å²) in [6.45, 7) is 6.58. The molecule has 0 aliphatic carbocycles. The Morgan fingerprint density at radius 2 is 2.12 bits per heavy atom. The highest BCUT2D eigenvalue weighted by atomic mass is 127. The van der Waals surface area contributed by atoms with Crippen LogP contribution < -0.4 is 15.4 Å². The van der Waals surface area contributed by atoms with E-state index in [-0.39, 0.29) is 29.7 Å². The van der Waals surface area contributed by atoms with Crippen LogP contribution in [0.1, 0.15) is 30.9 Å². The second-order valence-corrected chi connectivity index (χ2v) is 6.64.